The van der Waals surface area contributed by atoms with E-state index in [1.54, 1.807) is 0 Å². The fourth-order valence-electron chi connectivity index (χ4n) is 1.95. The average Bonchev–Trinajstić information content (AvgIpc) is 2.45. The number of alkyl halides is 3. The molecule has 5 nitrogen and oxygen atoms in total. The van der Waals surface area contributed by atoms with Crippen LogP contribution in [-0.2, 0) is 11.2 Å². The maximum atomic E-state index is 12.3. The van der Waals surface area contributed by atoms with Gasteiger partial charge in [-0.25, -0.2) is 4.98 Å². The Labute approximate surface area is 129 Å². The zero-order valence-corrected chi connectivity index (χ0v) is 11.9. The maximum absolute atomic E-state index is 12.3. The van der Waals surface area contributed by atoms with Gasteiger partial charge >= 0.3 is 12.3 Å². The van der Waals surface area contributed by atoms with E-state index in [0.29, 0.717) is 11.3 Å². The zero-order valence-electron chi connectivity index (χ0n) is 11.9. The molecule has 0 aliphatic heterocycles. The van der Waals surface area contributed by atoms with E-state index in [1.165, 1.54) is 31.4 Å². The number of rotatable bonds is 5. The van der Waals surface area contributed by atoms with Gasteiger partial charge in [-0.15, -0.1) is 13.2 Å². The minimum Gasteiger partial charge on any atom is -0.494 e. The highest BCUT2D eigenvalue weighted by Crippen LogP contribution is 2.32. The molecule has 1 N–H and O–H groups in total. The van der Waals surface area contributed by atoms with E-state index < -0.39 is 18.1 Å². The number of hydrogen-bond donors (Lipinski definition) is 1. The van der Waals surface area contributed by atoms with Crippen LogP contribution in [-0.4, -0.2) is 29.5 Å². The highest BCUT2D eigenvalue weighted by molar-refractivity contribution is 5.72. The first kappa shape index (κ1) is 16.6. The van der Waals surface area contributed by atoms with Crippen LogP contribution in [0, 0.1) is 0 Å². The number of pyridine rings is 1. The predicted molar refractivity (Wildman–Crippen MR) is 74.2 cm³/mol. The van der Waals surface area contributed by atoms with Gasteiger partial charge in [0.1, 0.15) is 17.2 Å². The second-order valence-electron chi connectivity index (χ2n) is 4.50. The number of carboxylic acids is 1. The summed E-state index contributed by atoms with van der Waals surface area (Å²) in [7, 11) is 1.38. The normalized spacial score (nSPS) is 11.1. The Morgan fingerprint density at radius 1 is 1.26 bits per heavy atom. The quantitative estimate of drug-likeness (QED) is 0.913. The Hall–Kier alpha value is -2.77. The molecule has 0 unspecified atom stereocenters. The Kier molecular flexibility index (Phi) is 4.73. The summed E-state index contributed by atoms with van der Waals surface area (Å²) in [5.74, 6) is -1.16. The van der Waals surface area contributed by atoms with Gasteiger partial charge in [0, 0.05) is 5.56 Å². The van der Waals surface area contributed by atoms with Gasteiger partial charge in [-0.1, -0.05) is 12.1 Å². The van der Waals surface area contributed by atoms with Gasteiger partial charge in [0.15, 0.2) is 0 Å². The summed E-state index contributed by atoms with van der Waals surface area (Å²) in [5.41, 5.74) is 0.810. The second-order valence-corrected chi connectivity index (χ2v) is 4.50. The van der Waals surface area contributed by atoms with E-state index in [0.717, 1.165) is 12.1 Å². The third-order valence-corrected chi connectivity index (χ3v) is 2.81. The molecule has 1 aromatic heterocycles. The highest BCUT2D eigenvalue weighted by Gasteiger charge is 2.31. The van der Waals surface area contributed by atoms with Gasteiger partial charge in [-0.2, -0.15) is 0 Å². The molecule has 0 amide bonds. The molecule has 23 heavy (non-hydrogen) atoms. The maximum Gasteiger partial charge on any atom is 0.573 e. The number of benzene rings is 1. The van der Waals surface area contributed by atoms with Crippen LogP contribution in [0.5, 0.6) is 11.5 Å². The number of carbonyl (C=O) groups is 1. The number of nitrogens with zero attached hydrogens (tertiary/aromatic N) is 1. The van der Waals surface area contributed by atoms with Crippen molar-refractivity contribution < 1.29 is 32.5 Å². The largest absolute Gasteiger partial charge is 0.573 e. The van der Waals surface area contributed by atoms with Crippen LogP contribution in [0.1, 0.15) is 5.69 Å². The minimum absolute atomic E-state index is 0.235. The molecule has 0 fully saturated rings. The third-order valence-electron chi connectivity index (χ3n) is 2.81. The van der Waals surface area contributed by atoms with Crippen LogP contribution in [0.25, 0.3) is 11.3 Å². The van der Waals surface area contributed by atoms with E-state index in [1.807, 2.05) is 0 Å². The Morgan fingerprint density at radius 2 is 2.00 bits per heavy atom. The molecule has 0 aliphatic carbocycles. The molecule has 122 valence electrons. The lowest BCUT2D eigenvalue weighted by molar-refractivity contribution is -0.274. The standard InChI is InChI=1S/C15H12F3NO4/c1-22-12-6-5-10(8-13(20)21)19-14(12)9-3-2-4-11(7-9)23-15(16,17)18/h2-7H,8H2,1H3,(H,20,21). The number of aromatic nitrogens is 1. The topological polar surface area (TPSA) is 68.7 Å². The molecule has 0 aliphatic rings. The van der Waals surface area contributed by atoms with Gasteiger partial charge in [0.2, 0.25) is 0 Å². The van der Waals surface area contributed by atoms with Gasteiger partial charge in [0.25, 0.3) is 0 Å². The van der Waals surface area contributed by atoms with E-state index in [4.69, 9.17) is 9.84 Å². The summed E-state index contributed by atoms with van der Waals surface area (Å²) < 4.78 is 45.9. The first-order chi connectivity index (χ1) is 10.8. The molecule has 0 spiro atoms. The molecule has 2 aromatic rings. The Balaban J connectivity index is 2.43. The molecular weight excluding hydrogens is 315 g/mol. The van der Waals surface area contributed by atoms with Crippen molar-refractivity contribution in [3.8, 4) is 22.8 Å². The lowest BCUT2D eigenvalue weighted by atomic mass is 10.1. The molecule has 0 atom stereocenters. The van der Waals surface area contributed by atoms with E-state index in [9.17, 15) is 18.0 Å². The molecule has 0 saturated carbocycles. The second kappa shape index (κ2) is 6.55. The highest BCUT2D eigenvalue weighted by atomic mass is 19.4. The van der Waals surface area contributed by atoms with Crippen molar-refractivity contribution in [2.24, 2.45) is 0 Å². The molecule has 1 heterocycles. The van der Waals surface area contributed by atoms with Crippen LogP contribution in [0.2, 0.25) is 0 Å². The van der Waals surface area contributed by atoms with Crippen LogP contribution in [0.3, 0.4) is 0 Å². The molecular formula is C15H12F3NO4. The summed E-state index contributed by atoms with van der Waals surface area (Å²) in [6.07, 6.45) is -5.11. The van der Waals surface area contributed by atoms with Crippen LogP contribution < -0.4 is 9.47 Å². The fourth-order valence-corrected chi connectivity index (χ4v) is 1.95. The van der Waals surface area contributed by atoms with Crippen LogP contribution in [0.15, 0.2) is 36.4 Å². The van der Waals surface area contributed by atoms with Crippen molar-refractivity contribution in [2.45, 2.75) is 12.8 Å². The first-order valence-corrected chi connectivity index (χ1v) is 6.40. The molecule has 1 aromatic carbocycles. The van der Waals surface area contributed by atoms with Gasteiger partial charge < -0.3 is 14.6 Å². The summed E-state index contributed by atoms with van der Waals surface area (Å²) in [4.78, 5) is 14.9. The van der Waals surface area contributed by atoms with Gasteiger partial charge in [0.05, 0.1) is 19.2 Å². The van der Waals surface area contributed by atoms with Crippen molar-refractivity contribution in [1.29, 1.82) is 0 Å². The summed E-state index contributed by atoms with van der Waals surface area (Å²) in [6, 6.07) is 8.21. The SMILES string of the molecule is COc1ccc(CC(=O)O)nc1-c1cccc(OC(F)(F)F)c1. The van der Waals surface area contributed by atoms with Crippen molar-refractivity contribution >= 4 is 5.97 Å². The number of halogens is 3. The number of ether oxygens (including phenoxy) is 2. The number of aliphatic carboxylic acids is 1. The van der Waals surface area contributed by atoms with Crippen molar-refractivity contribution in [1.82, 2.24) is 4.98 Å². The number of carboxylic acid groups (broad SMARTS) is 1. The Bertz CT molecular complexity index is 716. The molecule has 0 radical (unpaired) electrons. The monoisotopic (exact) mass is 327 g/mol. The van der Waals surface area contributed by atoms with E-state index >= 15 is 0 Å². The molecule has 0 saturated heterocycles. The first-order valence-electron chi connectivity index (χ1n) is 6.40. The predicted octanol–water partition coefficient (Wildman–Crippen LogP) is 3.28. The van der Waals surface area contributed by atoms with E-state index in [2.05, 4.69) is 9.72 Å². The fraction of sp³-hybridized carbons (Fsp3) is 0.200. The molecule has 8 heteroatoms. The average molecular weight is 327 g/mol. The number of hydrogen-bond acceptors (Lipinski definition) is 4. The van der Waals surface area contributed by atoms with Gasteiger partial charge in [-0.3, -0.25) is 4.79 Å². The lowest BCUT2D eigenvalue weighted by Gasteiger charge is -2.12. The zero-order chi connectivity index (χ0) is 17.0. The number of methoxy groups -OCH3 is 1. The van der Waals surface area contributed by atoms with E-state index in [-0.39, 0.29) is 17.8 Å². The van der Waals surface area contributed by atoms with Crippen molar-refractivity contribution in [3.05, 3.63) is 42.1 Å². The summed E-state index contributed by atoms with van der Waals surface area (Å²) in [6.45, 7) is 0. The van der Waals surface area contributed by atoms with Gasteiger partial charge in [-0.05, 0) is 24.3 Å². The summed E-state index contributed by atoms with van der Waals surface area (Å²) in [5, 5.41) is 8.81. The Morgan fingerprint density at radius 3 is 2.61 bits per heavy atom. The molecule has 2 rings (SSSR count). The van der Waals surface area contributed by atoms with Crippen LogP contribution >= 0.6 is 0 Å². The molecule has 0 bridgehead atoms. The van der Waals surface area contributed by atoms with Crippen LogP contribution in [0.4, 0.5) is 13.2 Å². The third kappa shape index (κ3) is 4.60. The van der Waals surface area contributed by atoms with Crippen molar-refractivity contribution in [2.75, 3.05) is 7.11 Å². The summed E-state index contributed by atoms with van der Waals surface area (Å²) >= 11 is 0. The van der Waals surface area contributed by atoms with Crippen molar-refractivity contribution in [3.63, 3.8) is 0 Å². The lowest BCUT2D eigenvalue weighted by Crippen LogP contribution is -2.17. The minimum atomic E-state index is -4.80. The smallest absolute Gasteiger partial charge is 0.494 e.